The molecule has 2 amide bonds. The summed E-state index contributed by atoms with van der Waals surface area (Å²) in [7, 11) is -2.67. The van der Waals surface area contributed by atoms with E-state index in [9.17, 15) is 23.1 Å². The van der Waals surface area contributed by atoms with Crippen LogP contribution in [0.15, 0.2) is 52.4 Å². The molecular formula is C24H34N6O6S. The number of amides is 2. The standard InChI is InChI=1S/C24H34N6O6S/c1-36-18-13-21(22(32)27-10-4-5-11-28-24(25)26)30(14-18)23(33)20(15-31)29-37(34,35)19-9-8-16-6-2-3-7-17(16)12-19/h2-3,6-9,12,18,20-21,29,31H,4-5,10-11,13-15H2,1H3,(H,27,32)(H4,25,26,28)/t18?,20-,21-/m0/s1. The van der Waals surface area contributed by atoms with Crippen molar-refractivity contribution in [3.05, 3.63) is 42.5 Å². The maximum atomic E-state index is 13.3. The van der Waals surface area contributed by atoms with Crippen molar-refractivity contribution in [2.75, 3.05) is 33.4 Å². The summed E-state index contributed by atoms with van der Waals surface area (Å²) in [6, 6.07) is 9.54. The topological polar surface area (TPSA) is 189 Å². The maximum Gasteiger partial charge on any atom is 0.243 e. The Labute approximate surface area is 216 Å². The molecule has 0 aliphatic carbocycles. The lowest BCUT2D eigenvalue weighted by Gasteiger charge is -2.27. The van der Waals surface area contributed by atoms with Crippen LogP contribution in [0.5, 0.6) is 0 Å². The van der Waals surface area contributed by atoms with Gasteiger partial charge in [0.2, 0.25) is 21.8 Å². The number of methoxy groups -OCH3 is 1. The first-order chi connectivity index (χ1) is 17.7. The number of rotatable bonds is 12. The van der Waals surface area contributed by atoms with Crippen LogP contribution >= 0.6 is 0 Å². The monoisotopic (exact) mass is 534 g/mol. The van der Waals surface area contributed by atoms with Crippen LogP contribution in [0.3, 0.4) is 0 Å². The fourth-order valence-electron chi connectivity index (χ4n) is 4.19. The zero-order valence-electron chi connectivity index (χ0n) is 20.7. The van der Waals surface area contributed by atoms with Crippen molar-refractivity contribution < 1.29 is 27.9 Å². The Morgan fingerprint density at radius 2 is 1.92 bits per heavy atom. The van der Waals surface area contributed by atoms with Crippen LogP contribution in [0.2, 0.25) is 0 Å². The predicted octanol–water partition coefficient (Wildman–Crippen LogP) is -0.735. The van der Waals surface area contributed by atoms with Crippen molar-refractivity contribution in [1.82, 2.24) is 14.9 Å². The Kier molecular flexibility index (Phi) is 9.80. The molecule has 3 rings (SSSR count). The van der Waals surface area contributed by atoms with E-state index in [0.717, 1.165) is 10.8 Å². The lowest BCUT2D eigenvalue weighted by atomic mass is 10.1. The fraction of sp³-hybridized carbons (Fsp3) is 0.458. The van der Waals surface area contributed by atoms with Crippen LogP contribution in [0, 0.1) is 0 Å². The third-order valence-electron chi connectivity index (χ3n) is 6.17. The first-order valence-corrected chi connectivity index (χ1v) is 13.4. The van der Waals surface area contributed by atoms with Crippen molar-refractivity contribution in [1.29, 1.82) is 0 Å². The van der Waals surface area contributed by atoms with Crippen LogP contribution in [-0.4, -0.2) is 87.7 Å². The summed E-state index contributed by atoms with van der Waals surface area (Å²) in [6.07, 6.45) is 1.13. The highest BCUT2D eigenvalue weighted by atomic mass is 32.2. The van der Waals surface area contributed by atoms with Gasteiger partial charge >= 0.3 is 0 Å². The number of likely N-dealkylation sites (tertiary alicyclic amines) is 1. The molecule has 0 aromatic heterocycles. The van der Waals surface area contributed by atoms with Crippen molar-refractivity contribution >= 4 is 38.6 Å². The van der Waals surface area contributed by atoms with E-state index < -0.39 is 40.7 Å². The molecule has 12 nitrogen and oxygen atoms in total. The highest BCUT2D eigenvalue weighted by Crippen LogP contribution is 2.23. The van der Waals surface area contributed by atoms with E-state index in [-0.39, 0.29) is 29.7 Å². The summed E-state index contributed by atoms with van der Waals surface area (Å²) in [4.78, 5) is 31.3. The second-order valence-corrected chi connectivity index (χ2v) is 10.5. The molecule has 2 aromatic rings. The Morgan fingerprint density at radius 1 is 1.19 bits per heavy atom. The zero-order valence-corrected chi connectivity index (χ0v) is 21.5. The lowest BCUT2D eigenvalue weighted by molar-refractivity contribution is -0.140. The van der Waals surface area contributed by atoms with Gasteiger partial charge in [0.15, 0.2) is 5.96 Å². The molecule has 7 N–H and O–H groups in total. The van der Waals surface area contributed by atoms with Gasteiger partial charge in [-0.15, -0.1) is 0 Å². The number of ether oxygens (including phenoxy) is 1. The third-order valence-corrected chi connectivity index (χ3v) is 7.64. The molecule has 0 bridgehead atoms. The summed E-state index contributed by atoms with van der Waals surface area (Å²) in [5, 5.41) is 14.3. The predicted molar refractivity (Wildman–Crippen MR) is 139 cm³/mol. The first kappa shape index (κ1) is 28.3. The number of sulfonamides is 1. The number of nitrogens with zero attached hydrogens (tertiary/aromatic N) is 2. The van der Waals surface area contributed by atoms with Gasteiger partial charge < -0.3 is 31.5 Å². The number of nitrogens with two attached hydrogens (primary N) is 2. The second-order valence-electron chi connectivity index (χ2n) is 8.77. The van der Waals surface area contributed by atoms with Crippen LogP contribution in [0.25, 0.3) is 10.8 Å². The van der Waals surface area contributed by atoms with Crippen molar-refractivity contribution in [3.63, 3.8) is 0 Å². The Balaban J connectivity index is 1.68. The molecule has 1 fully saturated rings. The van der Waals surface area contributed by atoms with E-state index >= 15 is 0 Å². The van der Waals surface area contributed by atoms with Crippen LogP contribution in [-0.2, 0) is 24.3 Å². The number of hydrogen-bond acceptors (Lipinski definition) is 7. The molecule has 1 heterocycles. The number of aliphatic imine (C=N–C) groups is 1. The number of carbonyl (C=O) groups excluding carboxylic acids is 2. The number of fused-ring (bicyclic) bond motifs is 1. The Bertz CT molecular complexity index is 1230. The van der Waals surface area contributed by atoms with Gasteiger partial charge in [-0.3, -0.25) is 14.6 Å². The van der Waals surface area contributed by atoms with E-state index in [0.29, 0.717) is 25.9 Å². The highest BCUT2D eigenvalue weighted by Gasteiger charge is 2.42. The molecule has 1 unspecified atom stereocenters. The average Bonchev–Trinajstić information content (AvgIpc) is 3.33. The number of nitrogens with one attached hydrogen (secondary N) is 2. The van der Waals surface area contributed by atoms with Gasteiger partial charge in [-0.05, 0) is 35.7 Å². The normalized spacial score (nSPS) is 18.5. The van der Waals surface area contributed by atoms with E-state index in [2.05, 4.69) is 15.0 Å². The molecule has 0 radical (unpaired) electrons. The quantitative estimate of drug-likeness (QED) is 0.134. The van der Waals surface area contributed by atoms with E-state index in [4.69, 9.17) is 16.2 Å². The van der Waals surface area contributed by atoms with Gasteiger partial charge in [-0.25, -0.2) is 8.42 Å². The van der Waals surface area contributed by atoms with Gasteiger partial charge in [-0.2, -0.15) is 4.72 Å². The summed E-state index contributed by atoms with van der Waals surface area (Å²) < 4.78 is 33.8. The van der Waals surface area contributed by atoms with Crippen molar-refractivity contribution in [2.45, 2.75) is 42.3 Å². The number of aliphatic hydroxyl groups is 1. The lowest BCUT2D eigenvalue weighted by Crippen LogP contribution is -2.54. The number of carbonyl (C=O) groups is 2. The van der Waals surface area contributed by atoms with Crippen molar-refractivity contribution in [2.24, 2.45) is 16.5 Å². The summed E-state index contributed by atoms with van der Waals surface area (Å²) in [5.41, 5.74) is 10.6. The minimum atomic E-state index is -4.14. The van der Waals surface area contributed by atoms with Gasteiger partial charge in [0.05, 0.1) is 17.6 Å². The molecule has 1 saturated heterocycles. The number of guanidine groups is 1. The number of unbranched alkanes of at least 4 members (excludes halogenated alkanes) is 1. The summed E-state index contributed by atoms with van der Waals surface area (Å²) in [5.74, 6) is -1.09. The van der Waals surface area contributed by atoms with Crippen molar-refractivity contribution in [3.8, 4) is 0 Å². The Morgan fingerprint density at radius 3 is 2.59 bits per heavy atom. The minimum Gasteiger partial charge on any atom is -0.394 e. The van der Waals surface area contributed by atoms with Crippen LogP contribution in [0.1, 0.15) is 19.3 Å². The minimum absolute atomic E-state index is 0.00410. The number of aliphatic hydroxyl groups excluding tert-OH is 1. The van der Waals surface area contributed by atoms with Gasteiger partial charge in [0.1, 0.15) is 12.1 Å². The molecule has 0 spiro atoms. The third kappa shape index (κ3) is 7.38. The zero-order chi connectivity index (χ0) is 27.0. The average molecular weight is 535 g/mol. The smallest absolute Gasteiger partial charge is 0.243 e. The molecule has 0 saturated carbocycles. The van der Waals surface area contributed by atoms with E-state index in [1.165, 1.54) is 24.1 Å². The fourth-order valence-corrected chi connectivity index (χ4v) is 5.41. The maximum absolute atomic E-state index is 13.3. The molecule has 2 aromatic carbocycles. The summed E-state index contributed by atoms with van der Waals surface area (Å²) in [6.45, 7) is 0.103. The SMILES string of the molecule is COC1C[C@@H](C(=O)NCCCCN=C(N)N)N(C(=O)[C@H](CO)NS(=O)(=O)c2ccc3ccccc3c2)C1. The first-order valence-electron chi connectivity index (χ1n) is 11.9. The Hall–Kier alpha value is -3.26. The highest BCUT2D eigenvalue weighted by molar-refractivity contribution is 7.89. The van der Waals surface area contributed by atoms with E-state index in [1.54, 1.807) is 18.2 Å². The molecule has 13 heteroatoms. The molecule has 37 heavy (non-hydrogen) atoms. The molecule has 1 aliphatic rings. The molecule has 202 valence electrons. The molecule has 1 aliphatic heterocycles. The largest absolute Gasteiger partial charge is 0.394 e. The number of benzene rings is 2. The van der Waals surface area contributed by atoms with Gasteiger partial charge in [0.25, 0.3) is 0 Å². The summed E-state index contributed by atoms with van der Waals surface area (Å²) >= 11 is 0. The van der Waals surface area contributed by atoms with Gasteiger partial charge in [-0.1, -0.05) is 30.3 Å². The van der Waals surface area contributed by atoms with Crippen LogP contribution in [0.4, 0.5) is 0 Å². The molecular weight excluding hydrogens is 500 g/mol. The second kappa shape index (κ2) is 12.8. The van der Waals surface area contributed by atoms with E-state index in [1.807, 2.05) is 12.1 Å². The number of hydrogen-bond donors (Lipinski definition) is 5. The van der Waals surface area contributed by atoms with Crippen LogP contribution < -0.4 is 21.5 Å². The van der Waals surface area contributed by atoms with Gasteiger partial charge in [0, 0.05) is 33.2 Å². The molecule has 3 atom stereocenters.